The topological polar surface area (TPSA) is 42.4 Å². The molecule has 0 unspecified atom stereocenters. The zero-order valence-corrected chi connectivity index (χ0v) is 17.3. The maximum Gasteiger partial charge on any atom is 0.257 e. The van der Waals surface area contributed by atoms with Crippen LogP contribution in [0.15, 0.2) is 42.5 Å². The Morgan fingerprint density at radius 1 is 1.13 bits per heavy atom. The van der Waals surface area contributed by atoms with E-state index in [9.17, 15) is 13.6 Å². The van der Waals surface area contributed by atoms with Gasteiger partial charge in [-0.15, -0.1) is 0 Å². The molecule has 0 radical (unpaired) electrons. The first kappa shape index (κ1) is 20.3. The second-order valence-electron chi connectivity index (χ2n) is 7.07. The van der Waals surface area contributed by atoms with Crippen LogP contribution < -0.4 is 4.74 Å². The number of rotatable bonds is 5. The fourth-order valence-electron chi connectivity index (χ4n) is 3.66. The summed E-state index contributed by atoms with van der Waals surface area (Å²) in [5, 5.41) is 0.124. The van der Waals surface area contributed by atoms with E-state index >= 15 is 0 Å². The number of aromatic nitrogens is 1. The molecule has 4 nitrogen and oxygen atoms in total. The predicted octanol–water partition coefficient (Wildman–Crippen LogP) is 5.41. The van der Waals surface area contributed by atoms with E-state index in [0.29, 0.717) is 18.0 Å². The van der Waals surface area contributed by atoms with Crippen LogP contribution in [0.3, 0.4) is 0 Å². The second-order valence-corrected chi connectivity index (χ2v) is 7.48. The maximum atomic E-state index is 14.2. The number of ether oxygens (including phenoxy) is 1. The molecule has 4 rings (SSSR count). The molecule has 0 spiro atoms. The van der Waals surface area contributed by atoms with Gasteiger partial charge in [0.1, 0.15) is 17.4 Å². The van der Waals surface area contributed by atoms with Gasteiger partial charge in [0.2, 0.25) is 0 Å². The first-order chi connectivity index (χ1) is 14.4. The minimum Gasteiger partial charge on any atom is -0.496 e. The quantitative estimate of drug-likeness (QED) is 0.546. The molecule has 0 fully saturated rings. The number of hydrogen-bond donors (Lipinski definition) is 0. The summed E-state index contributed by atoms with van der Waals surface area (Å²) in [5.41, 5.74) is 2.45. The first-order valence-corrected chi connectivity index (χ1v) is 9.89. The molecule has 7 heteroatoms. The van der Waals surface area contributed by atoms with Gasteiger partial charge >= 0.3 is 0 Å². The molecule has 0 N–H and O–H groups in total. The number of fused-ring (bicyclic) bond motifs is 1. The lowest BCUT2D eigenvalue weighted by Crippen LogP contribution is -2.23. The number of hydrogen-bond acceptors (Lipinski definition) is 3. The third-order valence-electron chi connectivity index (χ3n) is 5.23. The molecular weight excluding hydrogens is 410 g/mol. The summed E-state index contributed by atoms with van der Waals surface area (Å²) in [7, 11) is 1.59. The van der Waals surface area contributed by atoms with E-state index in [1.54, 1.807) is 12.0 Å². The van der Waals surface area contributed by atoms with Crippen molar-refractivity contribution in [2.24, 2.45) is 0 Å². The van der Waals surface area contributed by atoms with Crippen LogP contribution >= 0.6 is 11.6 Å². The number of amides is 1. The number of aryl methyl sites for hydroxylation is 1. The van der Waals surface area contributed by atoms with Gasteiger partial charge in [0.25, 0.3) is 5.91 Å². The van der Waals surface area contributed by atoms with Gasteiger partial charge in [0.15, 0.2) is 0 Å². The van der Waals surface area contributed by atoms with Crippen LogP contribution in [0, 0.1) is 11.6 Å². The zero-order valence-electron chi connectivity index (χ0n) is 16.5. The Morgan fingerprint density at radius 2 is 1.87 bits per heavy atom. The van der Waals surface area contributed by atoms with Crippen molar-refractivity contribution in [3.63, 3.8) is 0 Å². The third kappa shape index (κ3) is 3.52. The van der Waals surface area contributed by atoms with Gasteiger partial charge in [-0.1, -0.05) is 36.7 Å². The van der Waals surface area contributed by atoms with E-state index in [-0.39, 0.29) is 34.3 Å². The van der Waals surface area contributed by atoms with Gasteiger partial charge in [0, 0.05) is 5.56 Å². The first-order valence-electron chi connectivity index (χ1n) is 9.51. The number of methoxy groups -OCH3 is 1. The van der Waals surface area contributed by atoms with Crippen LogP contribution in [0.5, 0.6) is 5.75 Å². The normalized spacial score (nSPS) is 13.0. The van der Waals surface area contributed by atoms with Crippen LogP contribution in [0.2, 0.25) is 5.02 Å². The van der Waals surface area contributed by atoms with Crippen LogP contribution in [-0.4, -0.2) is 22.9 Å². The Kier molecular flexibility index (Phi) is 5.43. The highest BCUT2D eigenvalue weighted by atomic mass is 35.5. The zero-order chi connectivity index (χ0) is 21.4. The van der Waals surface area contributed by atoms with E-state index in [2.05, 4.69) is 11.9 Å². The lowest BCUT2D eigenvalue weighted by atomic mass is 10.1. The number of halogens is 3. The average molecular weight is 429 g/mol. The molecule has 2 heterocycles. The van der Waals surface area contributed by atoms with Gasteiger partial charge in [-0.25, -0.2) is 13.8 Å². The fraction of sp³-hybridized carbons (Fsp3) is 0.217. The van der Waals surface area contributed by atoms with Gasteiger partial charge in [-0.05, 0) is 36.2 Å². The van der Waals surface area contributed by atoms with Crippen LogP contribution in [0.4, 0.5) is 8.78 Å². The lowest BCUT2D eigenvalue weighted by molar-refractivity contribution is 0.0765. The molecule has 3 aromatic rings. The van der Waals surface area contributed by atoms with Crippen molar-refractivity contribution in [3.8, 4) is 17.0 Å². The Hall–Kier alpha value is -2.99. The second kappa shape index (κ2) is 8.03. The summed E-state index contributed by atoms with van der Waals surface area (Å²) in [4.78, 5) is 18.9. The molecule has 30 heavy (non-hydrogen) atoms. The molecule has 1 aliphatic heterocycles. The van der Waals surface area contributed by atoms with Crippen LogP contribution in [0.25, 0.3) is 11.3 Å². The molecule has 0 bridgehead atoms. The van der Waals surface area contributed by atoms with Crippen molar-refractivity contribution in [1.29, 1.82) is 0 Å². The van der Waals surface area contributed by atoms with Gasteiger partial charge in [0.05, 0.1) is 47.7 Å². The third-order valence-corrected chi connectivity index (χ3v) is 5.53. The molecule has 1 aromatic heterocycles. The molecule has 0 aliphatic carbocycles. The molecule has 0 atom stereocenters. The van der Waals surface area contributed by atoms with E-state index < -0.39 is 11.6 Å². The van der Waals surface area contributed by atoms with Gasteiger partial charge in [-0.3, -0.25) is 4.79 Å². The summed E-state index contributed by atoms with van der Waals surface area (Å²) in [5.74, 6) is -1.04. The smallest absolute Gasteiger partial charge is 0.257 e. The largest absolute Gasteiger partial charge is 0.496 e. The summed E-state index contributed by atoms with van der Waals surface area (Å²) >= 11 is 6.33. The highest BCUT2D eigenvalue weighted by Gasteiger charge is 2.32. The van der Waals surface area contributed by atoms with Gasteiger partial charge in [-0.2, -0.15) is 0 Å². The number of carbonyl (C=O) groups is 1. The highest BCUT2D eigenvalue weighted by Crippen LogP contribution is 2.35. The molecule has 1 aliphatic rings. The molecule has 0 saturated heterocycles. The van der Waals surface area contributed by atoms with Crippen molar-refractivity contribution in [1.82, 2.24) is 9.88 Å². The van der Waals surface area contributed by atoms with E-state index in [1.165, 1.54) is 12.1 Å². The van der Waals surface area contributed by atoms with E-state index in [0.717, 1.165) is 29.7 Å². The molecule has 154 valence electrons. The summed E-state index contributed by atoms with van der Waals surface area (Å²) in [6, 6.07) is 10.8. The fourth-order valence-corrected chi connectivity index (χ4v) is 3.95. The van der Waals surface area contributed by atoms with Crippen LogP contribution in [-0.2, 0) is 19.5 Å². The molecule has 0 saturated carbocycles. The van der Waals surface area contributed by atoms with Crippen molar-refractivity contribution in [2.45, 2.75) is 26.4 Å². The molecule has 2 aromatic carbocycles. The maximum absolute atomic E-state index is 14.2. The predicted molar refractivity (Wildman–Crippen MR) is 111 cm³/mol. The molecular formula is C23H19ClF2N2O2. The Morgan fingerprint density at radius 3 is 2.53 bits per heavy atom. The Balaban J connectivity index is 1.68. The van der Waals surface area contributed by atoms with Crippen molar-refractivity contribution < 1.29 is 18.3 Å². The average Bonchev–Trinajstić information content (AvgIpc) is 3.04. The van der Waals surface area contributed by atoms with Gasteiger partial charge < -0.3 is 9.64 Å². The SMILES string of the molecule is CCc1ccc(CN2Cc3nc(-c4c(F)cccc4F)cc(Cl)c3C2=O)c(OC)c1. The number of nitrogens with zero attached hydrogens (tertiary/aromatic N) is 2. The van der Waals surface area contributed by atoms with E-state index in [1.807, 2.05) is 18.2 Å². The van der Waals surface area contributed by atoms with Crippen molar-refractivity contribution >= 4 is 17.5 Å². The van der Waals surface area contributed by atoms with Crippen molar-refractivity contribution in [3.05, 3.63) is 81.5 Å². The Labute approximate surface area is 178 Å². The monoisotopic (exact) mass is 428 g/mol. The summed E-state index contributed by atoms with van der Waals surface area (Å²) < 4.78 is 33.9. The number of benzene rings is 2. The van der Waals surface area contributed by atoms with E-state index in [4.69, 9.17) is 16.3 Å². The Bertz CT molecular complexity index is 1130. The summed E-state index contributed by atoms with van der Waals surface area (Å²) in [6.45, 7) is 2.55. The minimum atomic E-state index is -0.736. The minimum absolute atomic E-state index is 0.0638. The standard InChI is InChI=1S/C23H19ClF2N2O2/c1-3-13-7-8-14(20(9-13)30-2)11-28-12-19-21(23(28)29)15(24)10-18(27-19)22-16(25)5-4-6-17(22)26/h4-10H,3,11-12H2,1-2H3. The number of carbonyl (C=O) groups excluding carboxylic acids is 1. The lowest BCUT2D eigenvalue weighted by Gasteiger charge is -2.18. The summed E-state index contributed by atoms with van der Waals surface area (Å²) in [6.07, 6.45) is 0.875. The number of pyridine rings is 1. The highest BCUT2D eigenvalue weighted by molar-refractivity contribution is 6.34. The van der Waals surface area contributed by atoms with Crippen molar-refractivity contribution in [2.75, 3.05) is 7.11 Å². The van der Waals surface area contributed by atoms with Crippen LogP contribution in [0.1, 0.15) is 34.1 Å². The molecule has 1 amide bonds.